The summed E-state index contributed by atoms with van der Waals surface area (Å²) in [5, 5.41) is 18.9. The predicted molar refractivity (Wildman–Crippen MR) is 119 cm³/mol. The minimum absolute atomic E-state index is 0.0302. The SMILES string of the molecule is C=CC(=O)OCc1ccc(SSc2ccc(COC(=O)On3c(O)ccc3O)cc2)cc1. The molecule has 0 aliphatic heterocycles. The molecule has 2 N–H and O–H groups in total. The molecule has 166 valence electrons. The topological polar surface area (TPSA) is 107 Å². The molecular formula is C22H19NO7S2. The number of benzene rings is 2. The number of aromatic nitrogens is 1. The number of aromatic hydroxyl groups is 2. The van der Waals surface area contributed by atoms with Crippen molar-refractivity contribution in [3.63, 3.8) is 0 Å². The number of nitrogens with zero attached hydrogens (tertiary/aromatic N) is 1. The standard InChI is InChI=1S/C22H19NO7S2/c1-2-21(26)28-13-15-3-7-17(8-4-15)31-32-18-9-5-16(6-10-18)14-29-22(27)30-23-19(24)11-12-20(23)25/h2-12,24-25H,1,13-14H2. The van der Waals surface area contributed by atoms with Crippen LogP contribution >= 0.6 is 21.6 Å². The fraction of sp³-hybridized carbons (Fsp3) is 0.0909. The maximum absolute atomic E-state index is 11.7. The number of carbonyl (C=O) groups is 2. The molecule has 0 radical (unpaired) electrons. The van der Waals surface area contributed by atoms with Gasteiger partial charge in [-0.25, -0.2) is 9.59 Å². The van der Waals surface area contributed by atoms with Gasteiger partial charge in [-0.05, 0) is 35.4 Å². The maximum atomic E-state index is 11.7. The van der Waals surface area contributed by atoms with Crippen molar-refractivity contribution in [1.29, 1.82) is 0 Å². The van der Waals surface area contributed by atoms with Crippen LogP contribution in [0.4, 0.5) is 4.79 Å². The third kappa shape index (κ3) is 6.76. The summed E-state index contributed by atoms with van der Waals surface area (Å²) in [5.74, 6) is -1.31. The lowest BCUT2D eigenvalue weighted by molar-refractivity contribution is -0.138. The van der Waals surface area contributed by atoms with Crippen molar-refractivity contribution in [2.75, 3.05) is 0 Å². The molecule has 0 atom stereocenters. The number of hydrogen-bond acceptors (Lipinski definition) is 9. The molecule has 8 nitrogen and oxygen atoms in total. The highest BCUT2D eigenvalue weighted by atomic mass is 33.1. The van der Waals surface area contributed by atoms with Gasteiger partial charge in [0.25, 0.3) is 0 Å². The Morgan fingerprint density at radius 1 is 0.812 bits per heavy atom. The zero-order chi connectivity index (χ0) is 22.9. The van der Waals surface area contributed by atoms with Crippen LogP contribution in [0.5, 0.6) is 11.8 Å². The van der Waals surface area contributed by atoms with Gasteiger partial charge >= 0.3 is 12.1 Å². The van der Waals surface area contributed by atoms with Crippen molar-refractivity contribution in [3.05, 3.63) is 84.4 Å². The summed E-state index contributed by atoms with van der Waals surface area (Å²) in [6.07, 6.45) is 0.0639. The Labute approximate surface area is 191 Å². The summed E-state index contributed by atoms with van der Waals surface area (Å²) in [6.45, 7) is 3.53. The molecule has 3 aromatic rings. The van der Waals surface area contributed by atoms with Gasteiger partial charge in [0.15, 0.2) is 0 Å². The van der Waals surface area contributed by atoms with Crippen LogP contribution in [-0.2, 0) is 27.5 Å². The molecule has 0 unspecified atom stereocenters. The average Bonchev–Trinajstić information content (AvgIpc) is 3.13. The molecule has 1 aromatic heterocycles. The number of carbonyl (C=O) groups excluding carboxylic acids is 2. The Morgan fingerprint density at radius 2 is 1.28 bits per heavy atom. The van der Waals surface area contributed by atoms with Crippen LogP contribution in [0.3, 0.4) is 0 Å². The minimum atomic E-state index is -1.07. The number of rotatable bonds is 9. The van der Waals surface area contributed by atoms with Crippen LogP contribution in [0.2, 0.25) is 0 Å². The zero-order valence-corrected chi connectivity index (χ0v) is 18.3. The Kier molecular flexibility index (Phi) is 8.12. The highest BCUT2D eigenvalue weighted by Gasteiger charge is 2.13. The lowest BCUT2D eigenvalue weighted by Crippen LogP contribution is -2.20. The normalized spacial score (nSPS) is 10.4. The van der Waals surface area contributed by atoms with E-state index in [4.69, 9.17) is 14.3 Å². The summed E-state index contributed by atoms with van der Waals surface area (Å²) in [7, 11) is 3.14. The Hall–Kier alpha value is -3.50. The average molecular weight is 474 g/mol. The Balaban J connectivity index is 1.43. The third-order valence-corrected chi connectivity index (χ3v) is 6.37. The molecule has 0 fully saturated rings. The molecule has 10 heteroatoms. The molecule has 3 rings (SSSR count). The predicted octanol–water partition coefficient (Wildman–Crippen LogP) is 4.69. The van der Waals surface area contributed by atoms with Gasteiger partial charge in [-0.3, -0.25) is 4.84 Å². The van der Waals surface area contributed by atoms with Crippen molar-refractivity contribution < 1.29 is 34.1 Å². The minimum Gasteiger partial charge on any atom is -0.492 e. The highest BCUT2D eigenvalue weighted by molar-refractivity contribution is 8.76. The van der Waals surface area contributed by atoms with Crippen LogP contribution in [0.25, 0.3) is 0 Å². The summed E-state index contributed by atoms with van der Waals surface area (Å²) < 4.78 is 10.5. The van der Waals surface area contributed by atoms with Gasteiger partial charge < -0.3 is 19.7 Å². The van der Waals surface area contributed by atoms with Crippen molar-refractivity contribution in [2.24, 2.45) is 0 Å². The Morgan fingerprint density at radius 3 is 1.75 bits per heavy atom. The molecule has 1 heterocycles. The lowest BCUT2D eigenvalue weighted by atomic mass is 10.2. The van der Waals surface area contributed by atoms with Crippen molar-refractivity contribution in [3.8, 4) is 11.8 Å². The first kappa shape index (κ1) is 23.2. The monoisotopic (exact) mass is 473 g/mol. The third-order valence-electron chi connectivity index (χ3n) is 3.95. The summed E-state index contributed by atoms with van der Waals surface area (Å²) in [5.41, 5.74) is 1.63. The molecule has 0 aliphatic rings. The molecule has 0 saturated carbocycles. The summed E-state index contributed by atoms with van der Waals surface area (Å²) in [6, 6.07) is 17.5. The fourth-order valence-corrected chi connectivity index (χ4v) is 4.26. The van der Waals surface area contributed by atoms with E-state index in [9.17, 15) is 19.8 Å². The van der Waals surface area contributed by atoms with Crippen LogP contribution in [-0.4, -0.2) is 27.1 Å². The molecule has 32 heavy (non-hydrogen) atoms. The van der Waals surface area contributed by atoms with Crippen molar-refractivity contribution in [1.82, 2.24) is 4.73 Å². The molecule has 0 saturated heterocycles. The van der Waals surface area contributed by atoms with Crippen LogP contribution < -0.4 is 4.84 Å². The highest BCUT2D eigenvalue weighted by Crippen LogP contribution is 2.37. The maximum Gasteiger partial charge on any atom is 0.534 e. The van der Waals surface area contributed by atoms with Gasteiger partial charge in [-0.2, -0.15) is 0 Å². The summed E-state index contributed by atoms with van der Waals surface area (Å²) >= 11 is 0. The fourth-order valence-electron chi connectivity index (χ4n) is 2.33. The quantitative estimate of drug-likeness (QED) is 0.260. The van der Waals surface area contributed by atoms with E-state index >= 15 is 0 Å². The number of esters is 1. The van der Waals surface area contributed by atoms with Crippen LogP contribution in [0.1, 0.15) is 11.1 Å². The number of hydrogen-bond donors (Lipinski definition) is 2. The van der Waals surface area contributed by atoms with Crippen LogP contribution in [0.15, 0.2) is 83.1 Å². The van der Waals surface area contributed by atoms with Gasteiger partial charge in [-0.1, -0.05) is 52.4 Å². The van der Waals surface area contributed by atoms with E-state index in [0.29, 0.717) is 4.73 Å². The second-order valence-corrected chi connectivity index (χ2v) is 8.52. The molecule has 2 aromatic carbocycles. The molecule has 0 aliphatic carbocycles. The largest absolute Gasteiger partial charge is 0.534 e. The van der Waals surface area contributed by atoms with Gasteiger partial charge in [0, 0.05) is 28.0 Å². The zero-order valence-electron chi connectivity index (χ0n) is 16.7. The van der Waals surface area contributed by atoms with Crippen LogP contribution in [0, 0.1) is 0 Å². The summed E-state index contributed by atoms with van der Waals surface area (Å²) in [4.78, 5) is 29.6. The van der Waals surface area contributed by atoms with E-state index < -0.39 is 23.9 Å². The second kappa shape index (κ2) is 11.2. The second-order valence-electron chi connectivity index (χ2n) is 6.24. The lowest BCUT2D eigenvalue weighted by Gasteiger charge is -2.08. The van der Waals surface area contributed by atoms with Gasteiger partial charge in [-0.15, -0.1) is 4.73 Å². The van der Waals surface area contributed by atoms with Gasteiger partial charge in [0.05, 0.1) is 0 Å². The van der Waals surface area contributed by atoms with E-state index in [-0.39, 0.29) is 13.2 Å². The van der Waals surface area contributed by atoms with Crippen molar-refractivity contribution in [2.45, 2.75) is 23.0 Å². The Bertz CT molecular complexity index is 1060. The molecular weight excluding hydrogens is 454 g/mol. The first-order chi connectivity index (χ1) is 15.4. The van der Waals surface area contributed by atoms with E-state index in [2.05, 4.69) is 6.58 Å². The first-order valence-corrected chi connectivity index (χ1v) is 11.4. The molecule has 0 amide bonds. The molecule has 0 bridgehead atoms. The van der Waals surface area contributed by atoms with Gasteiger partial charge in [0.1, 0.15) is 13.2 Å². The van der Waals surface area contributed by atoms with E-state index in [1.54, 1.807) is 21.6 Å². The van der Waals surface area contributed by atoms with Gasteiger partial charge in [0.2, 0.25) is 11.8 Å². The van der Waals surface area contributed by atoms with E-state index in [1.807, 2.05) is 48.5 Å². The van der Waals surface area contributed by atoms with E-state index in [1.165, 1.54) is 12.1 Å². The first-order valence-electron chi connectivity index (χ1n) is 9.21. The number of ether oxygens (including phenoxy) is 2. The smallest absolute Gasteiger partial charge is 0.492 e. The molecule has 0 spiro atoms. The van der Waals surface area contributed by atoms with E-state index in [0.717, 1.165) is 27.0 Å². The van der Waals surface area contributed by atoms with Crippen molar-refractivity contribution >= 4 is 33.7 Å².